The lowest BCUT2D eigenvalue weighted by molar-refractivity contribution is -0.137. The third kappa shape index (κ3) is 6.73. The van der Waals surface area contributed by atoms with E-state index in [2.05, 4.69) is 15.8 Å². The monoisotopic (exact) mass is 418 g/mol. The van der Waals surface area contributed by atoms with Gasteiger partial charge < -0.3 is 29.2 Å². The van der Waals surface area contributed by atoms with E-state index in [9.17, 15) is 14.4 Å². The van der Waals surface area contributed by atoms with Gasteiger partial charge in [-0.05, 0) is 31.9 Å². The first-order chi connectivity index (χ1) is 14.5. The lowest BCUT2D eigenvalue weighted by atomic mass is 10.2. The van der Waals surface area contributed by atoms with Crippen molar-refractivity contribution in [3.05, 3.63) is 36.0 Å². The zero-order valence-corrected chi connectivity index (χ0v) is 16.9. The van der Waals surface area contributed by atoms with Crippen LogP contribution in [0.1, 0.15) is 37.2 Å². The summed E-state index contributed by atoms with van der Waals surface area (Å²) in [4.78, 5) is 38.5. The Morgan fingerprint density at radius 1 is 1.27 bits per heavy atom. The van der Waals surface area contributed by atoms with Gasteiger partial charge in [-0.3, -0.25) is 14.4 Å². The Kier molecular flexibility index (Phi) is 7.61. The van der Waals surface area contributed by atoms with E-state index in [1.807, 2.05) is 0 Å². The molecule has 1 aliphatic rings. The molecule has 3 heterocycles. The van der Waals surface area contributed by atoms with Gasteiger partial charge in [-0.1, -0.05) is 5.16 Å². The van der Waals surface area contributed by atoms with E-state index in [1.54, 1.807) is 25.1 Å². The van der Waals surface area contributed by atoms with E-state index in [4.69, 9.17) is 13.7 Å². The Morgan fingerprint density at radius 2 is 2.13 bits per heavy atom. The van der Waals surface area contributed by atoms with E-state index < -0.39 is 0 Å². The zero-order chi connectivity index (χ0) is 21.3. The van der Waals surface area contributed by atoms with E-state index in [0.29, 0.717) is 30.5 Å². The van der Waals surface area contributed by atoms with Crippen LogP contribution in [0.25, 0.3) is 0 Å². The molecule has 0 radical (unpaired) electrons. The first-order valence-electron chi connectivity index (χ1n) is 9.91. The first-order valence-corrected chi connectivity index (χ1v) is 9.91. The molecule has 0 saturated carbocycles. The highest BCUT2D eigenvalue weighted by atomic mass is 16.5. The maximum Gasteiger partial charge on any atom is 0.239 e. The summed E-state index contributed by atoms with van der Waals surface area (Å²) in [5.74, 6) is 0.444. The highest BCUT2D eigenvalue weighted by molar-refractivity contribution is 5.93. The summed E-state index contributed by atoms with van der Waals surface area (Å²) in [7, 11) is 0. The van der Waals surface area contributed by atoms with Crippen LogP contribution in [0.15, 0.2) is 33.4 Å². The predicted molar refractivity (Wildman–Crippen MR) is 105 cm³/mol. The SMILES string of the molecule is Cc1cc(NC(=O)CCC(=O)N(CC(=O)NCC2CCCO2)Cc2ccco2)no1. The lowest BCUT2D eigenvalue weighted by Crippen LogP contribution is -2.42. The Hall–Kier alpha value is -3.14. The molecule has 0 aromatic carbocycles. The normalized spacial score (nSPS) is 15.7. The van der Waals surface area contributed by atoms with Crippen molar-refractivity contribution in [3.63, 3.8) is 0 Å². The molecule has 2 aromatic heterocycles. The van der Waals surface area contributed by atoms with Crippen molar-refractivity contribution < 1.29 is 28.1 Å². The molecular formula is C20H26N4O6. The number of nitrogens with one attached hydrogen (secondary N) is 2. The number of carbonyl (C=O) groups is 3. The molecule has 0 aliphatic carbocycles. The molecule has 162 valence electrons. The Morgan fingerprint density at radius 3 is 2.80 bits per heavy atom. The minimum absolute atomic E-state index is 0.0204. The quantitative estimate of drug-likeness (QED) is 0.600. The summed E-state index contributed by atoms with van der Waals surface area (Å²) in [5, 5.41) is 9.05. The minimum Gasteiger partial charge on any atom is -0.467 e. The molecule has 1 saturated heterocycles. The van der Waals surface area contributed by atoms with E-state index in [0.717, 1.165) is 12.8 Å². The fourth-order valence-corrected chi connectivity index (χ4v) is 3.09. The highest BCUT2D eigenvalue weighted by Crippen LogP contribution is 2.12. The number of aromatic nitrogens is 1. The average Bonchev–Trinajstić information content (AvgIpc) is 3.48. The van der Waals surface area contributed by atoms with Gasteiger partial charge in [0.2, 0.25) is 17.7 Å². The molecule has 1 unspecified atom stereocenters. The molecule has 2 N–H and O–H groups in total. The number of furan rings is 1. The third-order valence-electron chi connectivity index (χ3n) is 4.63. The maximum atomic E-state index is 12.7. The number of carbonyl (C=O) groups excluding carboxylic acids is 3. The van der Waals surface area contributed by atoms with Crippen molar-refractivity contribution >= 4 is 23.5 Å². The molecule has 1 fully saturated rings. The van der Waals surface area contributed by atoms with Gasteiger partial charge >= 0.3 is 0 Å². The van der Waals surface area contributed by atoms with Crippen molar-refractivity contribution in [2.45, 2.75) is 45.3 Å². The number of anilines is 1. The third-order valence-corrected chi connectivity index (χ3v) is 4.63. The molecule has 10 heteroatoms. The molecule has 1 aliphatic heterocycles. The molecule has 3 amide bonds. The van der Waals surface area contributed by atoms with Crippen LogP contribution in [-0.2, 0) is 25.7 Å². The highest BCUT2D eigenvalue weighted by Gasteiger charge is 2.21. The topological polar surface area (TPSA) is 127 Å². The summed E-state index contributed by atoms with van der Waals surface area (Å²) in [6.07, 6.45) is 3.32. The predicted octanol–water partition coefficient (Wildman–Crippen LogP) is 1.62. The van der Waals surface area contributed by atoms with Crippen molar-refractivity contribution in [2.75, 3.05) is 25.0 Å². The fraction of sp³-hybridized carbons (Fsp3) is 0.500. The number of hydrogen-bond acceptors (Lipinski definition) is 7. The number of ether oxygens (including phenoxy) is 1. The van der Waals surface area contributed by atoms with Crippen molar-refractivity contribution in [3.8, 4) is 0 Å². The molecule has 30 heavy (non-hydrogen) atoms. The molecule has 10 nitrogen and oxygen atoms in total. The van der Waals surface area contributed by atoms with Crippen LogP contribution in [0.3, 0.4) is 0 Å². The average molecular weight is 418 g/mol. The number of rotatable bonds is 10. The summed E-state index contributed by atoms with van der Waals surface area (Å²) >= 11 is 0. The van der Waals surface area contributed by atoms with Crippen LogP contribution in [0.2, 0.25) is 0 Å². The van der Waals surface area contributed by atoms with Gasteiger partial charge in [-0.2, -0.15) is 0 Å². The molecule has 1 atom stereocenters. The Balaban J connectivity index is 1.50. The van der Waals surface area contributed by atoms with Gasteiger partial charge in [0.1, 0.15) is 11.5 Å². The van der Waals surface area contributed by atoms with Crippen molar-refractivity contribution in [1.29, 1.82) is 0 Å². The Labute approximate surface area is 173 Å². The van der Waals surface area contributed by atoms with Gasteiger partial charge in [0, 0.05) is 32.1 Å². The van der Waals surface area contributed by atoms with Gasteiger partial charge in [-0.25, -0.2) is 0 Å². The summed E-state index contributed by atoms with van der Waals surface area (Å²) in [6, 6.07) is 5.02. The second kappa shape index (κ2) is 10.6. The Bertz CT molecular complexity index is 841. The second-order valence-corrected chi connectivity index (χ2v) is 7.14. The van der Waals surface area contributed by atoms with Crippen molar-refractivity contribution in [2.24, 2.45) is 0 Å². The molecule has 0 bridgehead atoms. The smallest absolute Gasteiger partial charge is 0.239 e. The largest absolute Gasteiger partial charge is 0.467 e. The van der Waals surface area contributed by atoms with E-state index >= 15 is 0 Å². The van der Waals surface area contributed by atoms with Crippen LogP contribution >= 0.6 is 0 Å². The van der Waals surface area contributed by atoms with Crippen molar-refractivity contribution in [1.82, 2.24) is 15.4 Å². The van der Waals surface area contributed by atoms with E-state index in [-0.39, 0.29) is 49.8 Å². The number of hydrogen-bond donors (Lipinski definition) is 2. The standard InChI is InChI=1S/C20H26N4O6/c1-14-10-17(23-30-14)22-18(25)6-7-20(27)24(12-16-5-3-9-29-16)13-19(26)21-11-15-4-2-8-28-15/h3,5,9-10,15H,2,4,6-8,11-13H2,1H3,(H,21,26)(H,22,23,25). The summed E-state index contributed by atoms with van der Waals surface area (Å²) in [6.45, 7) is 2.85. The maximum absolute atomic E-state index is 12.7. The van der Waals surface area contributed by atoms with Crippen LogP contribution in [-0.4, -0.2) is 53.6 Å². The molecule has 2 aromatic rings. The van der Waals surface area contributed by atoms with Gasteiger partial charge in [-0.15, -0.1) is 0 Å². The van der Waals surface area contributed by atoms with Crippen LogP contribution in [0.4, 0.5) is 5.82 Å². The lowest BCUT2D eigenvalue weighted by Gasteiger charge is -2.21. The number of aryl methyl sites for hydroxylation is 1. The summed E-state index contributed by atoms with van der Waals surface area (Å²) in [5.41, 5.74) is 0. The van der Waals surface area contributed by atoms with E-state index in [1.165, 1.54) is 11.2 Å². The molecular weight excluding hydrogens is 392 g/mol. The fourth-order valence-electron chi connectivity index (χ4n) is 3.09. The van der Waals surface area contributed by atoms with Gasteiger partial charge in [0.05, 0.1) is 25.5 Å². The van der Waals surface area contributed by atoms with Crippen LogP contribution in [0.5, 0.6) is 0 Å². The number of amides is 3. The minimum atomic E-state index is -0.363. The van der Waals surface area contributed by atoms with Gasteiger partial charge in [0.15, 0.2) is 5.82 Å². The molecule has 0 spiro atoms. The zero-order valence-electron chi connectivity index (χ0n) is 16.9. The first kappa shape index (κ1) is 21.6. The van der Waals surface area contributed by atoms with Crippen LogP contribution in [0, 0.1) is 6.92 Å². The molecule has 3 rings (SSSR count). The number of nitrogens with zero attached hydrogens (tertiary/aromatic N) is 2. The second-order valence-electron chi connectivity index (χ2n) is 7.14. The summed E-state index contributed by atoms with van der Waals surface area (Å²) < 4.78 is 15.7. The van der Waals surface area contributed by atoms with Crippen LogP contribution < -0.4 is 10.6 Å². The van der Waals surface area contributed by atoms with Gasteiger partial charge in [0.25, 0.3) is 0 Å².